The van der Waals surface area contributed by atoms with E-state index in [0.717, 1.165) is 53.8 Å². The Balaban J connectivity index is 1.18. The van der Waals surface area contributed by atoms with E-state index in [2.05, 4.69) is 39.4 Å². The van der Waals surface area contributed by atoms with Gasteiger partial charge >= 0.3 is 0 Å². The fourth-order valence-electron chi connectivity index (χ4n) is 7.78. The zero-order chi connectivity index (χ0) is 37.3. The van der Waals surface area contributed by atoms with Crippen molar-refractivity contribution in [2.45, 2.75) is 32.5 Å². The summed E-state index contributed by atoms with van der Waals surface area (Å²) < 4.78 is 7.57. The minimum absolute atomic E-state index is 0.0290. The SMILES string of the molecule is Cc1c(C(=O)N(Cc2ccccc2C#N)c2ccc3[nH]ncc3c2)cc(-c2cc(Cl)ccc2C(=O)N2Cc3ccccc3C[C@H]2CN2CCOCC2)n1C. The first-order chi connectivity index (χ1) is 26.3. The standard InChI is InChI=1S/C43H40ClN7O3/c1-28-38(43(53)50(26-32-10-6-4-8-30(32)23-45)35-12-14-40-33(20-35)24-46-47-40)22-41(48(28)2)39-21-34(44)11-13-37(39)42(52)51-25-31-9-5-3-7-29(31)19-36(51)27-49-15-17-54-18-16-49/h3-14,20-22,24,36H,15-19,25-27H2,1-2H3,(H,46,47)/t36-/m0/s1. The predicted octanol–water partition coefficient (Wildman–Crippen LogP) is 7.15. The third-order valence-corrected chi connectivity index (χ3v) is 11.1. The Kier molecular flexibility index (Phi) is 9.78. The van der Waals surface area contributed by atoms with Crippen molar-refractivity contribution in [2.75, 3.05) is 37.7 Å². The Morgan fingerprint density at radius 3 is 2.57 bits per heavy atom. The Morgan fingerprint density at radius 2 is 1.76 bits per heavy atom. The number of carbonyl (C=O) groups is 2. The van der Waals surface area contributed by atoms with E-state index in [4.69, 9.17) is 16.3 Å². The van der Waals surface area contributed by atoms with E-state index in [1.165, 1.54) is 5.56 Å². The molecule has 6 aromatic rings. The highest BCUT2D eigenvalue weighted by Gasteiger charge is 2.34. The number of aromatic nitrogens is 3. The number of morpholine rings is 1. The summed E-state index contributed by atoms with van der Waals surface area (Å²) in [4.78, 5) is 35.8. The van der Waals surface area contributed by atoms with Crippen LogP contribution in [0, 0.1) is 18.3 Å². The molecule has 10 nitrogen and oxygen atoms in total. The zero-order valence-corrected chi connectivity index (χ0v) is 31.0. The summed E-state index contributed by atoms with van der Waals surface area (Å²) in [5.41, 5.74) is 8.25. The summed E-state index contributed by atoms with van der Waals surface area (Å²) in [7, 11) is 1.90. The fourth-order valence-corrected chi connectivity index (χ4v) is 7.95. The smallest absolute Gasteiger partial charge is 0.260 e. The van der Waals surface area contributed by atoms with Gasteiger partial charge in [0, 0.05) is 77.9 Å². The Bertz CT molecular complexity index is 2420. The number of aromatic amines is 1. The molecule has 2 aliphatic heterocycles. The zero-order valence-electron chi connectivity index (χ0n) is 30.3. The molecule has 1 fully saturated rings. The molecule has 0 radical (unpaired) electrons. The number of anilines is 1. The second-order valence-corrected chi connectivity index (χ2v) is 14.5. The van der Waals surface area contributed by atoms with Gasteiger partial charge in [-0.05, 0) is 78.6 Å². The molecule has 0 spiro atoms. The number of rotatable bonds is 8. The fraction of sp³-hybridized carbons (Fsp3) is 0.256. The van der Waals surface area contributed by atoms with Gasteiger partial charge in [-0.25, -0.2) is 0 Å². The number of amides is 2. The number of hydrogen-bond acceptors (Lipinski definition) is 6. The van der Waals surface area contributed by atoms with Gasteiger partial charge in [0.25, 0.3) is 11.8 Å². The van der Waals surface area contributed by atoms with Crippen molar-refractivity contribution < 1.29 is 14.3 Å². The maximum Gasteiger partial charge on any atom is 0.260 e. The number of benzene rings is 4. The molecule has 2 aliphatic rings. The predicted molar refractivity (Wildman–Crippen MR) is 209 cm³/mol. The summed E-state index contributed by atoms with van der Waals surface area (Å²) in [5, 5.41) is 18.4. The average Bonchev–Trinajstić information content (AvgIpc) is 3.79. The van der Waals surface area contributed by atoms with E-state index in [9.17, 15) is 14.9 Å². The normalized spacial score (nSPS) is 15.9. The molecule has 1 N–H and O–H groups in total. The molecular weight excluding hydrogens is 698 g/mol. The third kappa shape index (κ3) is 6.78. The quantitative estimate of drug-likeness (QED) is 0.178. The van der Waals surface area contributed by atoms with Crippen molar-refractivity contribution in [3.05, 3.63) is 141 Å². The first-order valence-electron chi connectivity index (χ1n) is 18.2. The summed E-state index contributed by atoms with van der Waals surface area (Å²) in [6, 6.07) is 30.8. The van der Waals surface area contributed by atoms with Crippen LogP contribution in [0.1, 0.15) is 48.7 Å². The number of halogens is 1. The maximum atomic E-state index is 14.9. The van der Waals surface area contributed by atoms with Crippen molar-refractivity contribution in [3.8, 4) is 17.3 Å². The highest BCUT2D eigenvalue weighted by atomic mass is 35.5. The second kappa shape index (κ2) is 15.0. The molecular formula is C43H40ClN7O3. The highest BCUT2D eigenvalue weighted by Crippen LogP contribution is 2.35. The average molecular weight is 738 g/mol. The lowest BCUT2D eigenvalue weighted by atomic mass is 9.92. The number of nitrogens with zero attached hydrogens (tertiary/aromatic N) is 6. The van der Waals surface area contributed by atoms with Crippen LogP contribution in [-0.2, 0) is 31.3 Å². The Morgan fingerprint density at radius 1 is 0.981 bits per heavy atom. The van der Waals surface area contributed by atoms with E-state index >= 15 is 0 Å². The molecule has 272 valence electrons. The van der Waals surface area contributed by atoms with E-state index in [1.54, 1.807) is 29.3 Å². The molecule has 0 aliphatic carbocycles. The number of nitrogens with one attached hydrogen (secondary N) is 1. The first-order valence-corrected chi connectivity index (χ1v) is 18.5. The molecule has 0 unspecified atom stereocenters. The number of ether oxygens (including phenoxy) is 1. The lowest BCUT2D eigenvalue weighted by molar-refractivity contribution is 0.0193. The number of carbonyl (C=O) groups excluding carboxylic acids is 2. The second-order valence-electron chi connectivity index (χ2n) is 14.1. The van der Waals surface area contributed by atoms with Gasteiger partial charge in [0.2, 0.25) is 0 Å². The van der Waals surface area contributed by atoms with Crippen LogP contribution < -0.4 is 4.90 Å². The van der Waals surface area contributed by atoms with Crippen LogP contribution in [0.15, 0.2) is 97.2 Å². The molecule has 4 aromatic carbocycles. The van der Waals surface area contributed by atoms with Gasteiger partial charge in [0.05, 0.1) is 48.7 Å². The summed E-state index contributed by atoms with van der Waals surface area (Å²) in [6.45, 7) is 6.38. The van der Waals surface area contributed by atoms with Gasteiger partial charge in [-0.15, -0.1) is 0 Å². The first kappa shape index (κ1) is 35.3. The van der Waals surface area contributed by atoms with Gasteiger partial charge < -0.3 is 19.1 Å². The van der Waals surface area contributed by atoms with Crippen LogP contribution in [0.3, 0.4) is 0 Å². The van der Waals surface area contributed by atoms with E-state index in [0.29, 0.717) is 58.4 Å². The van der Waals surface area contributed by atoms with Crippen LogP contribution in [0.5, 0.6) is 0 Å². The summed E-state index contributed by atoms with van der Waals surface area (Å²) in [6.07, 6.45) is 2.49. The molecule has 2 amide bonds. The summed E-state index contributed by atoms with van der Waals surface area (Å²) in [5.74, 6) is -0.317. The van der Waals surface area contributed by atoms with Crippen LogP contribution in [0.25, 0.3) is 22.2 Å². The molecule has 4 heterocycles. The highest BCUT2D eigenvalue weighted by molar-refractivity contribution is 6.31. The van der Waals surface area contributed by atoms with Crippen molar-refractivity contribution in [1.29, 1.82) is 5.26 Å². The van der Waals surface area contributed by atoms with E-state index in [1.807, 2.05) is 78.0 Å². The van der Waals surface area contributed by atoms with Crippen molar-refractivity contribution in [1.82, 2.24) is 24.6 Å². The lowest BCUT2D eigenvalue weighted by Crippen LogP contribution is -2.52. The summed E-state index contributed by atoms with van der Waals surface area (Å²) >= 11 is 6.67. The molecule has 0 bridgehead atoms. The van der Waals surface area contributed by atoms with Gasteiger partial charge in [0.1, 0.15) is 0 Å². The van der Waals surface area contributed by atoms with Crippen molar-refractivity contribution >= 4 is 40.0 Å². The molecule has 8 rings (SSSR count). The monoisotopic (exact) mass is 737 g/mol. The van der Waals surface area contributed by atoms with E-state index in [-0.39, 0.29) is 24.4 Å². The Labute approximate surface area is 319 Å². The van der Waals surface area contributed by atoms with Gasteiger partial charge in [-0.2, -0.15) is 10.4 Å². The molecule has 11 heteroatoms. The molecule has 2 aromatic heterocycles. The molecule has 1 atom stereocenters. The molecule has 0 saturated carbocycles. The largest absolute Gasteiger partial charge is 0.379 e. The van der Waals surface area contributed by atoms with Crippen LogP contribution in [-0.4, -0.2) is 75.3 Å². The van der Waals surface area contributed by atoms with Crippen LogP contribution in [0.4, 0.5) is 5.69 Å². The number of H-pyrrole nitrogens is 1. The van der Waals surface area contributed by atoms with Crippen LogP contribution in [0.2, 0.25) is 5.02 Å². The molecule has 54 heavy (non-hydrogen) atoms. The Hall–Kier alpha value is -5.73. The van der Waals surface area contributed by atoms with Crippen LogP contribution >= 0.6 is 11.6 Å². The maximum absolute atomic E-state index is 14.9. The van der Waals surface area contributed by atoms with Gasteiger partial charge in [-0.1, -0.05) is 54.1 Å². The van der Waals surface area contributed by atoms with Crippen molar-refractivity contribution in [2.24, 2.45) is 7.05 Å². The lowest BCUT2D eigenvalue weighted by Gasteiger charge is -2.40. The third-order valence-electron chi connectivity index (χ3n) is 10.9. The minimum Gasteiger partial charge on any atom is -0.379 e. The van der Waals surface area contributed by atoms with Gasteiger partial charge in [0.15, 0.2) is 0 Å². The number of hydrogen-bond donors (Lipinski definition) is 1. The number of fused-ring (bicyclic) bond motifs is 2. The van der Waals surface area contributed by atoms with Crippen molar-refractivity contribution in [3.63, 3.8) is 0 Å². The molecule has 1 saturated heterocycles. The minimum atomic E-state index is -0.238. The van der Waals surface area contributed by atoms with E-state index < -0.39 is 0 Å². The van der Waals surface area contributed by atoms with Gasteiger partial charge in [-0.3, -0.25) is 19.6 Å². The topological polar surface area (TPSA) is 110 Å². The number of nitriles is 1.